The molecule has 0 radical (unpaired) electrons. The fraction of sp³-hybridized carbons (Fsp3) is 0.400. The van der Waals surface area contributed by atoms with E-state index in [9.17, 15) is 9.59 Å². The van der Waals surface area contributed by atoms with Gasteiger partial charge in [0.2, 0.25) is 12.2 Å². The monoisotopic (exact) mass is 190 g/mol. The van der Waals surface area contributed by atoms with E-state index in [-0.39, 0.29) is 0 Å². The van der Waals surface area contributed by atoms with Crippen molar-refractivity contribution in [3.05, 3.63) is 23.3 Å². The Morgan fingerprint density at radius 2 is 1.79 bits per heavy atom. The van der Waals surface area contributed by atoms with Crippen molar-refractivity contribution in [1.82, 2.24) is 0 Å². The van der Waals surface area contributed by atoms with Crippen LogP contribution in [0.1, 0.15) is 20.3 Å². The standard InChI is InChI=1S/C10H10N2O2/c1-8-3-4-9(2)10(5-8,11-6-13)12-7-14/h3-4H,5H2,1-2H3. The molecular formula is C10H10N2O2. The molecule has 0 atom stereocenters. The molecule has 0 aliphatic heterocycles. The van der Waals surface area contributed by atoms with Crippen molar-refractivity contribution in [2.75, 3.05) is 0 Å². The van der Waals surface area contributed by atoms with Gasteiger partial charge in [0.15, 0.2) is 5.66 Å². The zero-order chi connectivity index (χ0) is 10.6. The summed E-state index contributed by atoms with van der Waals surface area (Å²) in [4.78, 5) is 27.7. The summed E-state index contributed by atoms with van der Waals surface area (Å²) in [6.45, 7) is 3.66. The Hall–Kier alpha value is -1.76. The van der Waals surface area contributed by atoms with E-state index in [0.717, 1.165) is 11.1 Å². The van der Waals surface area contributed by atoms with Crippen LogP contribution in [0.25, 0.3) is 0 Å². The maximum Gasteiger partial charge on any atom is 0.237 e. The molecule has 4 nitrogen and oxygen atoms in total. The molecular weight excluding hydrogens is 180 g/mol. The summed E-state index contributed by atoms with van der Waals surface area (Å²) < 4.78 is 0. The van der Waals surface area contributed by atoms with Crippen LogP contribution >= 0.6 is 0 Å². The van der Waals surface area contributed by atoms with E-state index in [1.807, 2.05) is 13.0 Å². The van der Waals surface area contributed by atoms with Gasteiger partial charge in [-0.3, -0.25) is 0 Å². The molecule has 1 rings (SSSR count). The van der Waals surface area contributed by atoms with Crippen LogP contribution in [-0.2, 0) is 9.59 Å². The van der Waals surface area contributed by atoms with Crippen LogP contribution in [0.2, 0.25) is 0 Å². The van der Waals surface area contributed by atoms with Gasteiger partial charge >= 0.3 is 0 Å². The summed E-state index contributed by atoms with van der Waals surface area (Å²) in [5, 5.41) is 0. The Labute approximate surface area is 81.8 Å². The van der Waals surface area contributed by atoms with Gasteiger partial charge in [0.05, 0.1) is 0 Å². The lowest BCUT2D eigenvalue weighted by molar-refractivity contribution is 0.487. The van der Waals surface area contributed by atoms with Crippen LogP contribution in [0.3, 0.4) is 0 Å². The third kappa shape index (κ3) is 1.77. The van der Waals surface area contributed by atoms with Gasteiger partial charge in [-0.2, -0.15) is 9.98 Å². The summed E-state index contributed by atoms with van der Waals surface area (Å²) in [5.74, 6) is 0. The van der Waals surface area contributed by atoms with Crippen molar-refractivity contribution in [2.45, 2.75) is 25.9 Å². The highest BCUT2D eigenvalue weighted by atomic mass is 16.1. The van der Waals surface area contributed by atoms with E-state index in [0.29, 0.717) is 6.42 Å². The molecule has 0 amide bonds. The van der Waals surface area contributed by atoms with Crippen LogP contribution < -0.4 is 0 Å². The van der Waals surface area contributed by atoms with E-state index in [1.54, 1.807) is 13.0 Å². The number of allylic oxidation sites excluding steroid dienone is 2. The molecule has 4 heteroatoms. The minimum absolute atomic E-state index is 0.430. The zero-order valence-electron chi connectivity index (χ0n) is 8.07. The largest absolute Gasteiger partial charge is 0.237 e. The lowest BCUT2D eigenvalue weighted by Gasteiger charge is -2.26. The molecule has 0 aromatic carbocycles. The second-order valence-corrected chi connectivity index (χ2v) is 3.26. The number of aliphatic imine (C=N–C) groups is 2. The Morgan fingerprint density at radius 1 is 1.21 bits per heavy atom. The average molecular weight is 190 g/mol. The molecule has 0 heterocycles. The second kappa shape index (κ2) is 3.97. The van der Waals surface area contributed by atoms with Crippen molar-refractivity contribution in [3.8, 4) is 0 Å². The molecule has 0 saturated heterocycles. The number of isocyanates is 2. The van der Waals surface area contributed by atoms with Gasteiger partial charge in [0.25, 0.3) is 0 Å². The predicted molar refractivity (Wildman–Crippen MR) is 51.1 cm³/mol. The van der Waals surface area contributed by atoms with Gasteiger partial charge in [0.1, 0.15) is 0 Å². The van der Waals surface area contributed by atoms with E-state index >= 15 is 0 Å². The topological polar surface area (TPSA) is 58.9 Å². The maximum absolute atomic E-state index is 10.3. The third-order valence-electron chi connectivity index (χ3n) is 2.24. The van der Waals surface area contributed by atoms with Crippen LogP contribution in [0, 0.1) is 0 Å². The summed E-state index contributed by atoms with van der Waals surface area (Å²) in [6.07, 6.45) is 7.03. The van der Waals surface area contributed by atoms with Crippen LogP contribution in [0.5, 0.6) is 0 Å². The van der Waals surface area contributed by atoms with Gasteiger partial charge in [-0.25, -0.2) is 9.59 Å². The van der Waals surface area contributed by atoms with Crippen molar-refractivity contribution >= 4 is 12.2 Å². The van der Waals surface area contributed by atoms with Gasteiger partial charge < -0.3 is 0 Å². The number of nitrogens with zero attached hydrogens (tertiary/aromatic N) is 2. The molecule has 0 aromatic rings. The number of hydrogen-bond acceptors (Lipinski definition) is 4. The Balaban J connectivity index is 3.25. The molecule has 0 fully saturated rings. The maximum atomic E-state index is 10.3. The minimum atomic E-state index is -1.09. The van der Waals surface area contributed by atoms with E-state index < -0.39 is 5.66 Å². The number of rotatable bonds is 2. The lowest BCUT2D eigenvalue weighted by atomic mass is 9.89. The Bertz CT molecular complexity index is 376. The van der Waals surface area contributed by atoms with E-state index in [4.69, 9.17) is 0 Å². The summed E-state index contributed by atoms with van der Waals surface area (Å²) in [5.41, 5.74) is 0.658. The fourth-order valence-corrected chi connectivity index (χ4v) is 1.42. The highest BCUT2D eigenvalue weighted by molar-refractivity contribution is 5.46. The fourth-order valence-electron chi connectivity index (χ4n) is 1.42. The first-order valence-corrected chi connectivity index (χ1v) is 4.17. The normalized spacial score (nSPS) is 25.3. The molecule has 14 heavy (non-hydrogen) atoms. The first-order valence-electron chi connectivity index (χ1n) is 4.17. The van der Waals surface area contributed by atoms with Crippen LogP contribution in [0.4, 0.5) is 0 Å². The van der Waals surface area contributed by atoms with Crippen LogP contribution in [-0.4, -0.2) is 17.8 Å². The number of hydrogen-bond donors (Lipinski definition) is 0. The van der Waals surface area contributed by atoms with Crippen molar-refractivity contribution in [3.63, 3.8) is 0 Å². The Morgan fingerprint density at radius 3 is 2.29 bits per heavy atom. The van der Waals surface area contributed by atoms with Crippen molar-refractivity contribution < 1.29 is 9.59 Å². The quantitative estimate of drug-likeness (QED) is 0.491. The molecule has 1 aliphatic carbocycles. The predicted octanol–water partition coefficient (Wildman–Crippen LogP) is 1.65. The summed E-state index contributed by atoms with van der Waals surface area (Å²) >= 11 is 0. The smallest absolute Gasteiger partial charge is 0.211 e. The van der Waals surface area contributed by atoms with E-state index in [1.165, 1.54) is 12.2 Å². The van der Waals surface area contributed by atoms with Gasteiger partial charge in [0, 0.05) is 6.42 Å². The highest BCUT2D eigenvalue weighted by Crippen LogP contribution is 2.33. The molecule has 0 unspecified atom stereocenters. The van der Waals surface area contributed by atoms with Gasteiger partial charge in [-0.1, -0.05) is 17.7 Å². The summed E-state index contributed by atoms with van der Waals surface area (Å²) in [7, 11) is 0. The first kappa shape index (κ1) is 10.3. The molecule has 1 aliphatic rings. The molecule has 72 valence electrons. The van der Waals surface area contributed by atoms with Gasteiger partial charge in [-0.15, -0.1) is 0 Å². The second-order valence-electron chi connectivity index (χ2n) is 3.26. The number of carbonyl (C=O) groups excluding carboxylic acids is 2. The average Bonchev–Trinajstić information content (AvgIpc) is 2.13. The third-order valence-corrected chi connectivity index (χ3v) is 2.24. The first-order chi connectivity index (χ1) is 6.64. The minimum Gasteiger partial charge on any atom is -0.211 e. The molecule has 0 N–H and O–H groups in total. The SMILES string of the molecule is CC1=CC=C(C)C(N=C=O)(N=C=O)C1. The zero-order valence-corrected chi connectivity index (χ0v) is 8.07. The lowest BCUT2D eigenvalue weighted by Crippen LogP contribution is -2.27. The molecule has 0 spiro atoms. The highest BCUT2D eigenvalue weighted by Gasteiger charge is 2.33. The molecule has 0 saturated carbocycles. The summed E-state index contributed by atoms with van der Waals surface area (Å²) in [6, 6.07) is 0. The van der Waals surface area contributed by atoms with E-state index in [2.05, 4.69) is 9.98 Å². The van der Waals surface area contributed by atoms with Gasteiger partial charge in [-0.05, 0) is 19.4 Å². The van der Waals surface area contributed by atoms with Crippen LogP contribution in [0.15, 0.2) is 33.3 Å². The van der Waals surface area contributed by atoms with Crippen molar-refractivity contribution in [1.29, 1.82) is 0 Å². The molecule has 0 aromatic heterocycles. The molecule has 0 bridgehead atoms. The van der Waals surface area contributed by atoms with Crippen molar-refractivity contribution in [2.24, 2.45) is 9.98 Å². The Kier molecular flexibility index (Phi) is 2.92.